The lowest BCUT2D eigenvalue weighted by Gasteiger charge is -2.18. The standard InChI is InChI=1S/C21H17ClN2O2S2/c1-14-9-10-17(22)20-19(14)23-21(28-20)24(12-15-6-5-11-26-15)18(25)13-27-16-7-3-2-4-8-16/h2-11H,12-13H2,1H3. The number of nitrogens with zero attached hydrogens (tertiary/aromatic N) is 2. The number of halogens is 1. The molecule has 2 heterocycles. The van der Waals surface area contributed by atoms with Crippen molar-refractivity contribution in [3.05, 3.63) is 77.2 Å². The molecular weight excluding hydrogens is 412 g/mol. The number of hydrogen-bond donors (Lipinski definition) is 0. The number of carbonyl (C=O) groups excluding carboxylic acids is 1. The molecule has 0 saturated carbocycles. The third kappa shape index (κ3) is 4.09. The fourth-order valence-corrected chi connectivity index (χ4v) is 4.90. The molecule has 4 nitrogen and oxygen atoms in total. The fraction of sp³-hybridized carbons (Fsp3) is 0.143. The molecule has 28 heavy (non-hydrogen) atoms. The molecular formula is C21H17ClN2O2S2. The van der Waals surface area contributed by atoms with Gasteiger partial charge in [-0.3, -0.25) is 9.69 Å². The molecule has 142 valence electrons. The third-order valence-electron chi connectivity index (χ3n) is 4.22. The quantitative estimate of drug-likeness (QED) is 0.344. The second kappa shape index (κ2) is 8.39. The van der Waals surface area contributed by atoms with E-state index in [1.165, 1.54) is 23.1 Å². The molecule has 7 heteroatoms. The Morgan fingerprint density at radius 1 is 1.18 bits per heavy atom. The lowest BCUT2D eigenvalue weighted by atomic mass is 10.2. The fourth-order valence-electron chi connectivity index (χ4n) is 2.77. The van der Waals surface area contributed by atoms with Crippen molar-refractivity contribution in [1.82, 2.24) is 4.98 Å². The number of benzene rings is 2. The highest BCUT2D eigenvalue weighted by atomic mass is 35.5. The van der Waals surface area contributed by atoms with E-state index < -0.39 is 0 Å². The number of furan rings is 1. The van der Waals surface area contributed by atoms with E-state index in [-0.39, 0.29) is 5.91 Å². The van der Waals surface area contributed by atoms with Gasteiger partial charge >= 0.3 is 0 Å². The average Bonchev–Trinajstić information content (AvgIpc) is 3.38. The predicted octanol–water partition coefficient (Wildman–Crippen LogP) is 6.18. The number of amides is 1. The normalized spacial score (nSPS) is 11.1. The molecule has 0 aliphatic rings. The van der Waals surface area contributed by atoms with Gasteiger partial charge in [0.25, 0.3) is 0 Å². The van der Waals surface area contributed by atoms with Crippen molar-refractivity contribution in [1.29, 1.82) is 0 Å². The number of thioether (sulfide) groups is 1. The molecule has 0 bridgehead atoms. The van der Waals surface area contributed by atoms with Crippen molar-refractivity contribution in [3.8, 4) is 0 Å². The average molecular weight is 429 g/mol. The Bertz CT molecular complexity index is 1060. The Balaban J connectivity index is 1.64. The summed E-state index contributed by atoms with van der Waals surface area (Å²) in [6.45, 7) is 2.32. The second-order valence-corrected chi connectivity index (χ2v) is 8.63. The summed E-state index contributed by atoms with van der Waals surface area (Å²) in [6, 6.07) is 17.4. The molecule has 2 aromatic heterocycles. The van der Waals surface area contributed by atoms with Gasteiger partial charge in [-0.25, -0.2) is 4.98 Å². The number of aromatic nitrogens is 1. The van der Waals surface area contributed by atoms with E-state index in [0.717, 1.165) is 20.7 Å². The Morgan fingerprint density at radius 3 is 2.71 bits per heavy atom. The van der Waals surface area contributed by atoms with Crippen LogP contribution in [-0.4, -0.2) is 16.6 Å². The zero-order chi connectivity index (χ0) is 19.5. The second-order valence-electron chi connectivity index (χ2n) is 6.20. The van der Waals surface area contributed by atoms with E-state index in [4.69, 9.17) is 21.0 Å². The van der Waals surface area contributed by atoms with Crippen LogP contribution in [0.5, 0.6) is 0 Å². The Kier molecular flexibility index (Phi) is 5.71. The van der Waals surface area contributed by atoms with Gasteiger partial charge in [-0.2, -0.15) is 0 Å². The Morgan fingerprint density at radius 2 is 2.00 bits per heavy atom. The highest BCUT2D eigenvalue weighted by Crippen LogP contribution is 2.36. The van der Waals surface area contributed by atoms with Gasteiger partial charge < -0.3 is 4.42 Å². The molecule has 0 unspecified atom stereocenters. The van der Waals surface area contributed by atoms with E-state index in [2.05, 4.69) is 0 Å². The van der Waals surface area contributed by atoms with Crippen molar-refractivity contribution < 1.29 is 9.21 Å². The lowest BCUT2D eigenvalue weighted by molar-refractivity contribution is -0.116. The van der Waals surface area contributed by atoms with Gasteiger partial charge in [-0.05, 0) is 42.8 Å². The van der Waals surface area contributed by atoms with Crippen molar-refractivity contribution in [2.75, 3.05) is 10.7 Å². The van der Waals surface area contributed by atoms with Gasteiger partial charge in [-0.15, -0.1) is 11.8 Å². The molecule has 0 radical (unpaired) electrons. The first-order valence-corrected chi connectivity index (χ1v) is 10.9. The summed E-state index contributed by atoms with van der Waals surface area (Å²) < 4.78 is 6.36. The maximum absolute atomic E-state index is 13.1. The van der Waals surface area contributed by atoms with Gasteiger partial charge in [0.1, 0.15) is 5.76 Å². The maximum atomic E-state index is 13.1. The number of fused-ring (bicyclic) bond motifs is 1. The molecule has 0 aliphatic heterocycles. The number of carbonyl (C=O) groups is 1. The van der Waals surface area contributed by atoms with E-state index in [1.54, 1.807) is 11.2 Å². The topological polar surface area (TPSA) is 46.3 Å². The minimum Gasteiger partial charge on any atom is -0.467 e. The van der Waals surface area contributed by atoms with Crippen LogP contribution in [0.2, 0.25) is 5.02 Å². The first kappa shape index (κ1) is 19.1. The van der Waals surface area contributed by atoms with Crippen LogP contribution in [0.15, 0.2) is 70.2 Å². The maximum Gasteiger partial charge on any atom is 0.239 e. The lowest BCUT2D eigenvalue weighted by Crippen LogP contribution is -2.31. The van der Waals surface area contributed by atoms with Crippen molar-refractivity contribution >= 4 is 56.0 Å². The minimum absolute atomic E-state index is 0.0296. The number of rotatable bonds is 6. The molecule has 0 atom stereocenters. The highest BCUT2D eigenvalue weighted by molar-refractivity contribution is 8.00. The van der Waals surface area contributed by atoms with E-state index in [1.807, 2.05) is 61.5 Å². The predicted molar refractivity (Wildman–Crippen MR) is 116 cm³/mol. The monoisotopic (exact) mass is 428 g/mol. The van der Waals surface area contributed by atoms with Crippen molar-refractivity contribution in [2.45, 2.75) is 18.4 Å². The van der Waals surface area contributed by atoms with Gasteiger partial charge in [0.15, 0.2) is 5.13 Å². The largest absolute Gasteiger partial charge is 0.467 e. The molecule has 1 amide bonds. The van der Waals surface area contributed by atoms with Crippen LogP contribution in [0, 0.1) is 6.92 Å². The molecule has 0 saturated heterocycles. The Hall–Kier alpha value is -2.28. The molecule has 2 aromatic carbocycles. The van der Waals surface area contributed by atoms with Crippen LogP contribution >= 0.6 is 34.7 Å². The van der Waals surface area contributed by atoms with Gasteiger partial charge in [0.2, 0.25) is 5.91 Å². The smallest absolute Gasteiger partial charge is 0.239 e. The summed E-state index contributed by atoms with van der Waals surface area (Å²) >= 11 is 9.29. The molecule has 4 rings (SSSR count). The molecule has 0 fully saturated rings. The Labute approximate surface area is 176 Å². The summed E-state index contributed by atoms with van der Waals surface area (Å²) in [5.74, 6) is 0.992. The number of aryl methyl sites for hydroxylation is 1. The molecule has 4 aromatic rings. The molecule has 0 aliphatic carbocycles. The summed E-state index contributed by atoms with van der Waals surface area (Å²) in [5, 5.41) is 1.27. The first-order valence-electron chi connectivity index (χ1n) is 8.68. The minimum atomic E-state index is -0.0296. The zero-order valence-electron chi connectivity index (χ0n) is 15.1. The number of hydrogen-bond acceptors (Lipinski definition) is 5. The number of thiazole rings is 1. The van der Waals surface area contributed by atoms with E-state index >= 15 is 0 Å². The van der Waals surface area contributed by atoms with Crippen LogP contribution in [0.4, 0.5) is 5.13 Å². The summed E-state index contributed by atoms with van der Waals surface area (Å²) in [6.07, 6.45) is 1.61. The van der Waals surface area contributed by atoms with Crippen LogP contribution in [0.1, 0.15) is 11.3 Å². The highest BCUT2D eigenvalue weighted by Gasteiger charge is 2.22. The SMILES string of the molecule is Cc1ccc(Cl)c2sc(N(Cc3ccco3)C(=O)CSc3ccccc3)nc12. The first-order chi connectivity index (χ1) is 13.6. The van der Waals surface area contributed by atoms with Gasteiger partial charge in [0, 0.05) is 4.90 Å². The van der Waals surface area contributed by atoms with Gasteiger partial charge in [-0.1, -0.05) is 47.2 Å². The summed E-state index contributed by atoms with van der Waals surface area (Å²) in [5.41, 5.74) is 1.87. The van der Waals surface area contributed by atoms with E-state index in [0.29, 0.717) is 28.2 Å². The zero-order valence-corrected chi connectivity index (χ0v) is 17.5. The van der Waals surface area contributed by atoms with E-state index in [9.17, 15) is 4.79 Å². The molecule has 0 N–H and O–H groups in total. The van der Waals surface area contributed by atoms with Crippen LogP contribution in [0.3, 0.4) is 0 Å². The van der Waals surface area contributed by atoms with Crippen molar-refractivity contribution in [2.24, 2.45) is 0 Å². The summed E-state index contributed by atoms with van der Waals surface area (Å²) in [4.78, 5) is 20.5. The van der Waals surface area contributed by atoms with Crippen LogP contribution in [-0.2, 0) is 11.3 Å². The summed E-state index contributed by atoms with van der Waals surface area (Å²) in [7, 11) is 0. The third-order valence-corrected chi connectivity index (χ3v) is 6.75. The van der Waals surface area contributed by atoms with Crippen LogP contribution < -0.4 is 4.90 Å². The van der Waals surface area contributed by atoms with Crippen molar-refractivity contribution in [3.63, 3.8) is 0 Å². The number of anilines is 1. The van der Waals surface area contributed by atoms with Crippen LogP contribution in [0.25, 0.3) is 10.2 Å². The molecule has 0 spiro atoms. The van der Waals surface area contributed by atoms with Gasteiger partial charge in [0.05, 0.1) is 33.8 Å².